The molecule has 1 aromatic rings. The van der Waals surface area contributed by atoms with E-state index in [1.165, 1.54) is 30.2 Å². The van der Waals surface area contributed by atoms with E-state index >= 15 is 0 Å². The van der Waals surface area contributed by atoms with E-state index in [-0.39, 0.29) is 11.6 Å². The lowest BCUT2D eigenvalue weighted by molar-refractivity contribution is 0.0577. The highest BCUT2D eigenvalue weighted by molar-refractivity contribution is 5.94. The number of carbonyl (C=O) groups is 1. The Bertz CT molecular complexity index is 481. The molecule has 104 valence electrons. The number of carbonyl (C=O) groups excluding carboxylic acids is 1. The fourth-order valence-electron chi connectivity index (χ4n) is 2.18. The maximum Gasteiger partial charge on any atom is 0.256 e. The Morgan fingerprint density at radius 1 is 1.53 bits per heavy atom. The van der Waals surface area contributed by atoms with Crippen molar-refractivity contribution in [1.82, 2.24) is 10.2 Å². The molecule has 0 bridgehead atoms. The lowest BCUT2D eigenvalue weighted by Crippen LogP contribution is -2.44. The first-order chi connectivity index (χ1) is 9.04. The second-order valence-electron chi connectivity index (χ2n) is 4.55. The first-order valence-electron chi connectivity index (χ1n) is 6.04. The second-order valence-corrected chi connectivity index (χ2v) is 4.55. The summed E-state index contributed by atoms with van der Waals surface area (Å²) in [6.07, 6.45) is -0.629. The minimum atomic E-state index is -0.629. The van der Waals surface area contributed by atoms with E-state index in [9.17, 15) is 14.3 Å². The minimum absolute atomic E-state index is 0.0256. The number of benzene rings is 1. The van der Waals surface area contributed by atoms with Gasteiger partial charge in [0, 0.05) is 26.2 Å². The van der Waals surface area contributed by atoms with E-state index in [0.29, 0.717) is 18.8 Å². The fraction of sp³-hybridized carbons (Fsp3) is 0.462. The van der Waals surface area contributed by atoms with E-state index in [0.717, 1.165) is 0 Å². The molecule has 2 atom stereocenters. The topological polar surface area (TPSA) is 61.8 Å². The average Bonchev–Trinajstić information content (AvgIpc) is 2.83. The van der Waals surface area contributed by atoms with Gasteiger partial charge in [-0.15, -0.1) is 0 Å². The van der Waals surface area contributed by atoms with Crippen LogP contribution in [-0.2, 0) is 0 Å². The molecule has 1 aliphatic rings. The number of β-amino-alcohol motifs (C(OH)–C–C–N with tert-alkyl or cyclic N) is 1. The zero-order valence-corrected chi connectivity index (χ0v) is 10.9. The number of aliphatic hydroxyl groups excluding tert-OH is 1. The number of nitrogens with one attached hydrogen (secondary N) is 1. The highest BCUT2D eigenvalue weighted by Gasteiger charge is 2.32. The van der Waals surface area contributed by atoms with Gasteiger partial charge in [0.15, 0.2) is 0 Å². The first kappa shape index (κ1) is 13.8. The van der Waals surface area contributed by atoms with Crippen LogP contribution in [0, 0.1) is 5.82 Å². The summed E-state index contributed by atoms with van der Waals surface area (Å²) in [5.41, 5.74) is -0.0256. The van der Waals surface area contributed by atoms with Crippen molar-refractivity contribution in [3.8, 4) is 5.75 Å². The van der Waals surface area contributed by atoms with Crippen LogP contribution in [0.4, 0.5) is 4.39 Å². The van der Waals surface area contributed by atoms with Crippen LogP contribution in [0.15, 0.2) is 18.2 Å². The summed E-state index contributed by atoms with van der Waals surface area (Å²) in [4.78, 5) is 13.6. The van der Waals surface area contributed by atoms with Gasteiger partial charge in [-0.2, -0.15) is 0 Å². The van der Waals surface area contributed by atoms with Crippen molar-refractivity contribution < 1.29 is 19.0 Å². The van der Waals surface area contributed by atoms with Crippen LogP contribution in [0.25, 0.3) is 0 Å². The number of rotatable bonds is 3. The van der Waals surface area contributed by atoms with Crippen LogP contribution < -0.4 is 10.1 Å². The third kappa shape index (κ3) is 2.69. The molecule has 1 amide bonds. The minimum Gasteiger partial charge on any atom is -0.497 e. The lowest BCUT2D eigenvalue weighted by atomic mass is 10.1. The molecule has 0 aromatic heterocycles. The molecule has 2 N–H and O–H groups in total. The van der Waals surface area contributed by atoms with Crippen LogP contribution >= 0.6 is 0 Å². The molecule has 0 radical (unpaired) electrons. The van der Waals surface area contributed by atoms with Crippen LogP contribution in [0.1, 0.15) is 10.4 Å². The first-order valence-corrected chi connectivity index (χ1v) is 6.04. The second kappa shape index (κ2) is 5.54. The third-order valence-corrected chi connectivity index (χ3v) is 3.38. The number of aliphatic hydroxyl groups is 1. The van der Waals surface area contributed by atoms with E-state index in [1.807, 2.05) is 0 Å². The summed E-state index contributed by atoms with van der Waals surface area (Å²) in [6, 6.07) is 3.76. The standard InChI is InChI=1S/C13H17FN2O3/c1-16(11-6-15-7-12(11)17)13(18)9-4-3-8(19-2)5-10(9)14/h3-5,11-12,15,17H,6-7H2,1-2H3/t11-,12-/m1/s1. The highest BCUT2D eigenvalue weighted by Crippen LogP contribution is 2.19. The summed E-state index contributed by atoms with van der Waals surface area (Å²) in [5.74, 6) is -0.719. The molecule has 2 rings (SSSR count). The molecule has 5 nitrogen and oxygen atoms in total. The molecular formula is C13H17FN2O3. The van der Waals surface area contributed by atoms with Crippen molar-refractivity contribution in [3.63, 3.8) is 0 Å². The van der Waals surface area contributed by atoms with Crippen LogP contribution in [-0.4, -0.2) is 55.3 Å². The third-order valence-electron chi connectivity index (χ3n) is 3.38. The molecule has 1 aromatic carbocycles. The smallest absolute Gasteiger partial charge is 0.256 e. The number of likely N-dealkylation sites (N-methyl/N-ethyl adjacent to an activating group) is 1. The van der Waals surface area contributed by atoms with Crippen molar-refractivity contribution in [2.24, 2.45) is 0 Å². The van der Waals surface area contributed by atoms with Crippen molar-refractivity contribution >= 4 is 5.91 Å². The average molecular weight is 268 g/mol. The molecule has 0 saturated carbocycles. The zero-order valence-electron chi connectivity index (χ0n) is 10.9. The molecular weight excluding hydrogens is 251 g/mol. The number of hydrogen-bond donors (Lipinski definition) is 2. The molecule has 19 heavy (non-hydrogen) atoms. The van der Waals surface area contributed by atoms with Gasteiger partial charge in [0.2, 0.25) is 0 Å². The van der Waals surface area contributed by atoms with Crippen molar-refractivity contribution in [1.29, 1.82) is 0 Å². The molecule has 0 spiro atoms. The highest BCUT2D eigenvalue weighted by atomic mass is 19.1. The zero-order chi connectivity index (χ0) is 14.0. The van der Waals surface area contributed by atoms with Gasteiger partial charge in [-0.25, -0.2) is 4.39 Å². The van der Waals surface area contributed by atoms with E-state index in [1.54, 1.807) is 7.05 Å². The van der Waals surface area contributed by atoms with E-state index in [2.05, 4.69) is 5.32 Å². The normalized spacial score (nSPS) is 22.3. The summed E-state index contributed by atoms with van der Waals surface area (Å²) in [7, 11) is 3.00. The lowest BCUT2D eigenvalue weighted by Gasteiger charge is -2.26. The maximum atomic E-state index is 13.8. The molecule has 6 heteroatoms. The Hall–Kier alpha value is -1.66. The van der Waals surface area contributed by atoms with Gasteiger partial charge in [0.1, 0.15) is 11.6 Å². The quantitative estimate of drug-likeness (QED) is 0.824. The van der Waals surface area contributed by atoms with Gasteiger partial charge in [0.05, 0.1) is 24.8 Å². The summed E-state index contributed by atoms with van der Waals surface area (Å²) >= 11 is 0. The van der Waals surface area contributed by atoms with Gasteiger partial charge in [0.25, 0.3) is 5.91 Å². The Balaban J connectivity index is 2.19. The van der Waals surface area contributed by atoms with Crippen molar-refractivity contribution in [3.05, 3.63) is 29.6 Å². The van der Waals surface area contributed by atoms with Gasteiger partial charge in [-0.3, -0.25) is 4.79 Å². The maximum absolute atomic E-state index is 13.8. The van der Waals surface area contributed by atoms with Gasteiger partial charge in [-0.1, -0.05) is 0 Å². The number of ether oxygens (including phenoxy) is 1. The number of methoxy groups -OCH3 is 1. The molecule has 1 aliphatic heterocycles. The number of nitrogens with zero attached hydrogens (tertiary/aromatic N) is 1. The Labute approximate surface area is 111 Å². The summed E-state index contributed by atoms with van der Waals surface area (Å²) in [5, 5.41) is 12.7. The fourth-order valence-corrected chi connectivity index (χ4v) is 2.18. The number of amides is 1. The Morgan fingerprint density at radius 2 is 2.26 bits per heavy atom. The van der Waals surface area contributed by atoms with Crippen LogP contribution in [0.5, 0.6) is 5.75 Å². The number of hydrogen-bond acceptors (Lipinski definition) is 4. The molecule has 0 aliphatic carbocycles. The van der Waals surface area contributed by atoms with Crippen LogP contribution in [0.2, 0.25) is 0 Å². The molecule has 0 unspecified atom stereocenters. The Kier molecular flexibility index (Phi) is 4.01. The number of halogens is 1. The van der Waals surface area contributed by atoms with Crippen LogP contribution in [0.3, 0.4) is 0 Å². The van der Waals surface area contributed by atoms with Gasteiger partial charge < -0.3 is 20.1 Å². The predicted molar refractivity (Wildman–Crippen MR) is 67.7 cm³/mol. The van der Waals surface area contributed by atoms with Gasteiger partial charge in [-0.05, 0) is 12.1 Å². The summed E-state index contributed by atoms with van der Waals surface area (Å²) < 4.78 is 18.7. The molecule has 1 fully saturated rings. The van der Waals surface area contributed by atoms with Gasteiger partial charge >= 0.3 is 0 Å². The Morgan fingerprint density at radius 3 is 2.79 bits per heavy atom. The monoisotopic (exact) mass is 268 g/mol. The molecule has 1 saturated heterocycles. The largest absolute Gasteiger partial charge is 0.497 e. The SMILES string of the molecule is COc1ccc(C(=O)N(C)[C@@H]2CNC[C@H]2O)c(F)c1. The molecule has 1 heterocycles. The van der Waals surface area contributed by atoms with Crippen molar-refractivity contribution in [2.75, 3.05) is 27.2 Å². The van der Waals surface area contributed by atoms with Crippen molar-refractivity contribution in [2.45, 2.75) is 12.1 Å². The predicted octanol–water partition coefficient (Wildman–Crippen LogP) is 0.239. The van der Waals surface area contributed by atoms with E-state index < -0.39 is 17.8 Å². The summed E-state index contributed by atoms with van der Waals surface area (Å²) in [6.45, 7) is 0.939. The van der Waals surface area contributed by atoms with E-state index in [4.69, 9.17) is 4.74 Å².